The monoisotopic (exact) mass is 491 g/mol. The first-order valence-electron chi connectivity index (χ1n) is 12.1. The van der Waals surface area contributed by atoms with Crippen LogP contribution in [0.5, 0.6) is 11.5 Å². The largest absolute Gasteiger partial charge is 0.493 e. The molecule has 1 saturated carbocycles. The second-order valence-corrected chi connectivity index (χ2v) is 9.18. The lowest BCUT2D eigenvalue weighted by Gasteiger charge is -2.19. The molecule has 1 spiro atoms. The molecule has 36 heavy (non-hydrogen) atoms. The van der Waals surface area contributed by atoms with Crippen molar-refractivity contribution < 1.29 is 23.9 Å². The molecule has 188 valence electrons. The number of imidazole rings is 1. The second kappa shape index (κ2) is 9.88. The Kier molecular flexibility index (Phi) is 6.49. The summed E-state index contributed by atoms with van der Waals surface area (Å²) in [4.78, 5) is 43.3. The van der Waals surface area contributed by atoms with Crippen LogP contribution in [0.25, 0.3) is 5.65 Å². The number of aromatic nitrogens is 2. The fourth-order valence-electron chi connectivity index (χ4n) is 4.89. The summed E-state index contributed by atoms with van der Waals surface area (Å²) in [5.74, 6) is 0.645. The highest BCUT2D eigenvalue weighted by Crippen LogP contribution is 2.35. The molecule has 10 heteroatoms. The summed E-state index contributed by atoms with van der Waals surface area (Å²) in [7, 11) is 1.55. The van der Waals surface area contributed by atoms with Gasteiger partial charge in [0.25, 0.3) is 5.91 Å². The Morgan fingerprint density at radius 2 is 2.00 bits per heavy atom. The summed E-state index contributed by atoms with van der Waals surface area (Å²) in [6, 6.07) is 10.6. The summed E-state index contributed by atoms with van der Waals surface area (Å²) in [5, 5.41) is 5.71. The van der Waals surface area contributed by atoms with E-state index >= 15 is 0 Å². The van der Waals surface area contributed by atoms with Crippen molar-refractivity contribution in [2.75, 3.05) is 19.0 Å². The molecule has 0 unspecified atom stereocenters. The maximum atomic E-state index is 12.7. The van der Waals surface area contributed by atoms with Gasteiger partial charge in [-0.1, -0.05) is 18.9 Å². The molecule has 10 nitrogen and oxygen atoms in total. The Labute approximate surface area is 208 Å². The van der Waals surface area contributed by atoms with Gasteiger partial charge in [-0.05, 0) is 43.5 Å². The minimum absolute atomic E-state index is 0.159. The zero-order valence-electron chi connectivity index (χ0n) is 20.2. The molecule has 1 saturated heterocycles. The van der Waals surface area contributed by atoms with Crippen molar-refractivity contribution in [2.24, 2.45) is 0 Å². The van der Waals surface area contributed by atoms with Gasteiger partial charge >= 0.3 is 6.03 Å². The molecule has 2 N–H and O–H groups in total. The first-order valence-corrected chi connectivity index (χ1v) is 12.1. The Bertz CT molecular complexity index is 1260. The number of amides is 4. The highest BCUT2D eigenvalue weighted by molar-refractivity contribution is 6.07. The Morgan fingerprint density at radius 1 is 1.17 bits per heavy atom. The van der Waals surface area contributed by atoms with Gasteiger partial charge in [-0.15, -0.1) is 0 Å². The topological polar surface area (TPSA) is 114 Å². The average Bonchev–Trinajstić information content (AvgIpc) is 3.57. The molecule has 1 aliphatic heterocycles. The van der Waals surface area contributed by atoms with Crippen molar-refractivity contribution in [3.8, 4) is 11.5 Å². The van der Waals surface area contributed by atoms with Crippen LogP contribution >= 0.6 is 0 Å². The van der Waals surface area contributed by atoms with E-state index < -0.39 is 5.54 Å². The lowest BCUT2D eigenvalue weighted by atomic mass is 9.98. The highest BCUT2D eigenvalue weighted by Gasteiger charge is 2.52. The van der Waals surface area contributed by atoms with E-state index in [9.17, 15) is 14.4 Å². The normalized spacial score (nSPS) is 16.5. The number of methoxy groups -OCH3 is 1. The van der Waals surface area contributed by atoms with Crippen molar-refractivity contribution in [2.45, 2.75) is 50.7 Å². The fraction of sp³-hybridized carbons (Fsp3) is 0.385. The maximum Gasteiger partial charge on any atom is 0.325 e. The number of carbonyl (C=O) groups excluding carboxylic acids is 3. The number of benzene rings is 1. The zero-order chi connectivity index (χ0) is 25.1. The second-order valence-electron chi connectivity index (χ2n) is 9.18. The van der Waals surface area contributed by atoms with Gasteiger partial charge in [0.2, 0.25) is 5.91 Å². The van der Waals surface area contributed by atoms with E-state index in [0.717, 1.165) is 24.2 Å². The Morgan fingerprint density at radius 3 is 2.78 bits per heavy atom. The smallest absolute Gasteiger partial charge is 0.325 e. The van der Waals surface area contributed by atoms with E-state index in [4.69, 9.17) is 9.47 Å². The van der Waals surface area contributed by atoms with Gasteiger partial charge in [-0.25, -0.2) is 9.78 Å². The number of carbonyl (C=O) groups is 3. The van der Waals surface area contributed by atoms with Crippen LogP contribution in [0.3, 0.4) is 0 Å². The molecule has 3 aromatic rings. The predicted octanol–water partition coefficient (Wildman–Crippen LogP) is 3.51. The third-order valence-corrected chi connectivity index (χ3v) is 6.73. The van der Waals surface area contributed by atoms with E-state index in [0.29, 0.717) is 36.4 Å². The SMILES string of the molecule is COc1ccc(NC(=O)CCCN2C(=O)NC3(CCCC3)C2=O)cc1OCc1cn2ccccc2n1. The minimum atomic E-state index is -0.720. The summed E-state index contributed by atoms with van der Waals surface area (Å²) in [6.07, 6.45) is 7.63. The quantitative estimate of drug-likeness (QED) is 0.443. The third kappa shape index (κ3) is 4.71. The van der Waals surface area contributed by atoms with Crippen LogP contribution < -0.4 is 20.1 Å². The third-order valence-electron chi connectivity index (χ3n) is 6.73. The van der Waals surface area contributed by atoms with Crippen LogP contribution in [0.4, 0.5) is 10.5 Å². The van der Waals surface area contributed by atoms with Crippen molar-refractivity contribution in [1.82, 2.24) is 19.6 Å². The van der Waals surface area contributed by atoms with Crippen molar-refractivity contribution in [3.63, 3.8) is 0 Å². The van der Waals surface area contributed by atoms with Gasteiger partial charge in [-0.3, -0.25) is 14.5 Å². The van der Waals surface area contributed by atoms with Crippen LogP contribution in [-0.2, 0) is 16.2 Å². The van der Waals surface area contributed by atoms with Gasteiger partial charge < -0.3 is 24.5 Å². The maximum absolute atomic E-state index is 12.7. The summed E-state index contributed by atoms with van der Waals surface area (Å²) < 4.78 is 13.3. The van der Waals surface area contributed by atoms with E-state index in [2.05, 4.69) is 15.6 Å². The number of rotatable bonds is 9. The molecule has 0 atom stereocenters. The van der Waals surface area contributed by atoms with Crippen LogP contribution in [0, 0.1) is 0 Å². The average molecular weight is 492 g/mol. The zero-order valence-corrected chi connectivity index (χ0v) is 20.2. The number of imide groups is 1. The molecule has 4 amide bonds. The molecule has 2 aromatic heterocycles. The molecular weight excluding hydrogens is 462 g/mol. The number of pyridine rings is 1. The van der Waals surface area contributed by atoms with E-state index in [-0.39, 0.29) is 37.4 Å². The van der Waals surface area contributed by atoms with Crippen LogP contribution in [0.1, 0.15) is 44.2 Å². The molecule has 2 fully saturated rings. The van der Waals surface area contributed by atoms with Crippen LogP contribution in [0.15, 0.2) is 48.8 Å². The van der Waals surface area contributed by atoms with Crippen LogP contribution in [-0.4, -0.2) is 51.3 Å². The van der Waals surface area contributed by atoms with E-state index in [1.54, 1.807) is 25.3 Å². The molecule has 2 aliphatic rings. The number of nitrogens with zero attached hydrogens (tertiary/aromatic N) is 3. The molecule has 1 aromatic carbocycles. The van der Waals surface area contributed by atoms with Crippen molar-refractivity contribution in [1.29, 1.82) is 0 Å². The number of anilines is 1. The number of nitrogens with one attached hydrogen (secondary N) is 2. The molecular formula is C26H29N5O5. The van der Waals surface area contributed by atoms with Gasteiger partial charge in [0.1, 0.15) is 17.8 Å². The molecule has 5 rings (SSSR count). The highest BCUT2D eigenvalue weighted by atomic mass is 16.5. The van der Waals surface area contributed by atoms with Gasteiger partial charge in [0.05, 0.1) is 12.8 Å². The van der Waals surface area contributed by atoms with Crippen molar-refractivity contribution >= 4 is 29.2 Å². The summed E-state index contributed by atoms with van der Waals surface area (Å²) >= 11 is 0. The lowest BCUT2D eigenvalue weighted by molar-refractivity contribution is -0.131. The number of ether oxygens (including phenoxy) is 2. The molecule has 0 bridgehead atoms. The van der Waals surface area contributed by atoms with E-state index in [1.165, 1.54) is 4.90 Å². The Hall–Kier alpha value is -4.08. The van der Waals surface area contributed by atoms with Gasteiger partial charge in [0, 0.05) is 37.1 Å². The van der Waals surface area contributed by atoms with Gasteiger partial charge in [-0.2, -0.15) is 0 Å². The first kappa shape index (κ1) is 23.7. The van der Waals surface area contributed by atoms with Gasteiger partial charge in [0.15, 0.2) is 11.5 Å². The Balaban J connectivity index is 1.15. The molecule has 1 aliphatic carbocycles. The molecule has 3 heterocycles. The number of hydrogen-bond donors (Lipinski definition) is 2. The lowest BCUT2D eigenvalue weighted by Crippen LogP contribution is -2.44. The summed E-state index contributed by atoms with van der Waals surface area (Å²) in [6.45, 7) is 0.457. The van der Waals surface area contributed by atoms with Crippen LogP contribution in [0.2, 0.25) is 0 Å². The predicted molar refractivity (Wildman–Crippen MR) is 132 cm³/mol. The number of urea groups is 1. The molecule has 0 radical (unpaired) electrons. The number of hydrogen-bond acceptors (Lipinski definition) is 6. The number of fused-ring (bicyclic) bond motifs is 1. The fourth-order valence-corrected chi connectivity index (χ4v) is 4.89. The first-order chi connectivity index (χ1) is 17.5. The standard InChI is InChI=1S/C26H29N5O5/c1-35-20-10-9-18(15-21(20)36-17-19-16-30-13-5-2-7-22(30)27-19)28-23(32)8-6-14-31-24(33)26(29-25(31)34)11-3-4-12-26/h2,5,7,9-10,13,15-16H,3-4,6,8,11-12,14,17H2,1H3,(H,28,32)(H,29,34). The van der Waals surface area contributed by atoms with Crippen molar-refractivity contribution in [3.05, 3.63) is 54.5 Å². The summed E-state index contributed by atoms with van der Waals surface area (Å²) in [5.41, 5.74) is 1.43. The van der Waals surface area contributed by atoms with E-state index in [1.807, 2.05) is 35.0 Å². The minimum Gasteiger partial charge on any atom is -0.493 e.